The standard InChI is InChI=1S/C22H24N2O2S/c1-16-9-11-19-20(14-16)27-22(23-19)24(15-18-8-5-13-26-18)21(25)12-10-17-6-3-2-4-7-17/h2-4,6-7,9,11,14,18H,5,8,10,12-13,15H2,1H3. The molecule has 1 aliphatic rings. The quantitative estimate of drug-likeness (QED) is 0.620. The summed E-state index contributed by atoms with van der Waals surface area (Å²) in [6.07, 6.45) is 3.40. The molecule has 0 aliphatic carbocycles. The van der Waals surface area contributed by atoms with Crippen molar-refractivity contribution in [3.8, 4) is 0 Å². The van der Waals surface area contributed by atoms with Crippen molar-refractivity contribution in [1.82, 2.24) is 4.98 Å². The number of benzene rings is 2. The molecule has 2 heterocycles. The van der Waals surface area contributed by atoms with Crippen molar-refractivity contribution in [3.05, 3.63) is 59.7 Å². The third-order valence-electron chi connectivity index (χ3n) is 4.95. The molecule has 0 saturated carbocycles. The lowest BCUT2D eigenvalue weighted by molar-refractivity contribution is -0.119. The molecule has 1 atom stereocenters. The summed E-state index contributed by atoms with van der Waals surface area (Å²) in [6.45, 7) is 3.45. The lowest BCUT2D eigenvalue weighted by atomic mass is 10.1. The van der Waals surface area contributed by atoms with E-state index < -0.39 is 0 Å². The second kappa shape index (κ2) is 8.19. The maximum absolute atomic E-state index is 13.1. The lowest BCUT2D eigenvalue weighted by Gasteiger charge is -2.23. The second-order valence-corrected chi connectivity index (χ2v) is 8.10. The van der Waals surface area contributed by atoms with Gasteiger partial charge in [-0.05, 0) is 49.4 Å². The molecule has 3 aromatic rings. The van der Waals surface area contributed by atoms with Crippen LogP contribution in [0.15, 0.2) is 48.5 Å². The fraction of sp³-hybridized carbons (Fsp3) is 0.364. The van der Waals surface area contributed by atoms with Crippen LogP contribution >= 0.6 is 11.3 Å². The first-order valence-electron chi connectivity index (χ1n) is 9.52. The smallest absolute Gasteiger partial charge is 0.229 e. The highest BCUT2D eigenvalue weighted by Gasteiger charge is 2.26. The predicted octanol–water partition coefficient (Wildman–Crippen LogP) is 4.75. The van der Waals surface area contributed by atoms with Gasteiger partial charge in [-0.2, -0.15) is 0 Å². The van der Waals surface area contributed by atoms with Gasteiger partial charge < -0.3 is 4.74 Å². The van der Waals surface area contributed by atoms with Crippen LogP contribution in [0.25, 0.3) is 10.2 Å². The molecule has 5 heteroatoms. The Morgan fingerprint density at radius 1 is 1.26 bits per heavy atom. The van der Waals surface area contributed by atoms with Crippen molar-refractivity contribution in [3.63, 3.8) is 0 Å². The topological polar surface area (TPSA) is 42.4 Å². The fourth-order valence-corrected chi connectivity index (χ4v) is 4.53. The van der Waals surface area contributed by atoms with E-state index in [1.807, 2.05) is 29.2 Å². The molecule has 1 aliphatic heterocycles. The summed E-state index contributed by atoms with van der Waals surface area (Å²) in [6, 6.07) is 16.4. The van der Waals surface area contributed by atoms with Crippen LogP contribution in [0.5, 0.6) is 0 Å². The van der Waals surface area contributed by atoms with E-state index in [1.54, 1.807) is 11.3 Å². The highest BCUT2D eigenvalue weighted by atomic mass is 32.1. The Bertz CT molecular complexity index is 916. The molecule has 1 amide bonds. The van der Waals surface area contributed by atoms with Crippen LogP contribution in [0.3, 0.4) is 0 Å². The first-order valence-corrected chi connectivity index (χ1v) is 10.3. The van der Waals surface area contributed by atoms with Crippen LogP contribution in [0.1, 0.15) is 30.4 Å². The third kappa shape index (κ3) is 4.37. The van der Waals surface area contributed by atoms with Crippen LogP contribution < -0.4 is 4.90 Å². The zero-order chi connectivity index (χ0) is 18.6. The van der Waals surface area contributed by atoms with E-state index in [2.05, 4.69) is 31.2 Å². The maximum atomic E-state index is 13.1. The van der Waals surface area contributed by atoms with Crippen LogP contribution in [0.2, 0.25) is 0 Å². The summed E-state index contributed by atoms with van der Waals surface area (Å²) in [5.74, 6) is 0.116. The molecular formula is C22H24N2O2S. The summed E-state index contributed by atoms with van der Waals surface area (Å²) < 4.78 is 6.92. The SMILES string of the molecule is Cc1ccc2nc(N(CC3CCCO3)C(=O)CCc3ccccc3)sc2c1. The Balaban J connectivity index is 1.55. The Kier molecular flexibility index (Phi) is 5.50. The number of thiazole rings is 1. The normalized spacial score (nSPS) is 16.7. The van der Waals surface area contributed by atoms with Gasteiger partial charge in [-0.1, -0.05) is 47.7 Å². The van der Waals surface area contributed by atoms with E-state index in [4.69, 9.17) is 9.72 Å². The summed E-state index contributed by atoms with van der Waals surface area (Å²) in [4.78, 5) is 19.7. The number of aromatic nitrogens is 1. The number of hydrogen-bond acceptors (Lipinski definition) is 4. The average Bonchev–Trinajstić information content (AvgIpc) is 3.34. The van der Waals surface area contributed by atoms with Gasteiger partial charge in [0.2, 0.25) is 5.91 Å². The van der Waals surface area contributed by atoms with Crippen LogP contribution in [0.4, 0.5) is 5.13 Å². The average molecular weight is 381 g/mol. The van der Waals surface area contributed by atoms with Crippen molar-refractivity contribution in [2.24, 2.45) is 0 Å². The first kappa shape index (κ1) is 18.1. The Morgan fingerprint density at radius 3 is 2.89 bits per heavy atom. The zero-order valence-corrected chi connectivity index (χ0v) is 16.4. The van der Waals surface area contributed by atoms with Crippen molar-refractivity contribution < 1.29 is 9.53 Å². The number of carbonyl (C=O) groups is 1. The number of hydrogen-bond donors (Lipinski definition) is 0. The summed E-state index contributed by atoms with van der Waals surface area (Å²) in [5, 5.41) is 0.782. The molecule has 4 rings (SSSR count). The summed E-state index contributed by atoms with van der Waals surface area (Å²) >= 11 is 1.59. The van der Waals surface area contributed by atoms with Gasteiger partial charge in [0.25, 0.3) is 0 Å². The minimum absolute atomic E-state index is 0.111. The van der Waals surface area contributed by atoms with Gasteiger partial charge in [0.1, 0.15) is 0 Å². The first-order chi connectivity index (χ1) is 13.2. The van der Waals surface area contributed by atoms with E-state index in [0.29, 0.717) is 13.0 Å². The van der Waals surface area contributed by atoms with E-state index in [0.717, 1.165) is 41.2 Å². The minimum atomic E-state index is 0.111. The predicted molar refractivity (Wildman–Crippen MR) is 110 cm³/mol. The number of fused-ring (bicyclic) bond motifs is 1. The number of amides is 1. The molecule has 0 radical (unpaired) electrons. The van der Waals surface area contributed by atoms with Gasteiger partial charge >= 0.3 is 0 Å². The highest BCUT2D eigenvalue weighted by Crippen LogP contribution is 2.31. The molecule has 1 fully saturated rings. The highest BCUT2D eigenvalue weighted by molar-refractivity contribution is 7.22. The summed E-state index contributed by atoms with van der Waals surface area (Å²) in [7, 11) is 0. The monoisotopic (exact) mass is 380 g/mol. The number of ether oxygens (including phenoxy) is 1. The van der Waals surface area contributed by atoms with Crippen molar-refractivity contribution >= 4 is 32.6 Å². The lowest BCUT2D eigenvalue weighted by Crippen LogP contribution is -2.37. The molecule has 2 aromatic carbocycles. The largest absolute Gasteiger partial charge is 0.376 e. The molecule has 140 valence electrons. The number of rotatable bonds is 6. The van der Waals surface area contributed by atoms with E-state index in [9.17, 15) is 4.79 Å². The Labute approximate surface area is 163 Å². The molecule has 1 aromatic heterocycles. The fourth-order valence-electron chi connectivity index (χ4n) is 3.44. The van der Waals surface area contributed by atoms with Gasteiger partial charge in [0.05, 0.1) is 22.9 Å². The molecule has 1 unspecified atom stereocenters. The summed E-state index contributed by atoms with van der Waals surface area (Å²) in [5.41, 5.74) is 3.34. The minimum Gasteiger partial charge on any atom is -0.376 e. The van der Waals surface area contributed by atoms with Gasteiger partial charge in [-0.15, -0.1) is 0 Å². The van der Waals surface area contributed by atoms with Gasteiger partial charge in [0.15, 0.2) is 5.13 Å². The molecule has 0 spiro atoms. The van der Waals surface area contributed by atoms with Crippen molar-refractivity contribution in [2.75, 3.05) is 18.1 Å². The Hall–Kier alpha value is -2.24. The second-order valence-electron chi connectivity index (χ2n) is 7.09. The van der Waals surface area contributed by atoms with Crippen LogP contribution in [-0.2, 0) is 16.0 Å². The number of nitrogens with zero attached hydrogens (tertiary/aromatic N) is 2. The third-order valence-corrected chi connectivity index (χ3v) is 5.99. The van der Waals surface area contributed by atoms with E-state index in [-0.39, 0.29) is 12.0 Å². The number of aryl methyl sites for hydroxylation is 2. The Morgan fingerprint density at radius 2 is 2.11 bits per heavy atom. The van der Waals surface area contributed by atoms with E-state index in [1.165, 1.54) is 11.1 Å². The number of anilines is 1. The zero-order valence-electron chi connectivity index (χ0n) is 15.6. The van der Waals surface area contributed by atoms with Crippen LogP contribution in [0, 0.1) is 6.92 Å². The van der Waals surface area contributed by atoms with Gasteiger partial charge in [-0.3, -0.25) is 9.69 Å². The van der Waals surface area contributed by atoms with E-state index >= 15 is 0 Å². The van der Waals surface area contributed by atoms with Gasteiger partial charge in [-0.25, -0.2) is 4.98 Å². The van der Waals surface area contributed by atoms with Crippen molar-refractivity contribution in [1.29, 1.82) is 0 Å². The molecule has 0 N–H and O–H groups in total. The maximum Gasteiger partial charge on any atom is 0.229 e. The molecule has 1 saturated heterocycles. The van der Waals surface area contributed by atoms with Gasteiger partial charge in [0, 0.05) is 13.0 Å². The number of carbonyl (C=O) groups excluding carboxylic acids is 1. The molecule has 0 bridgehead atoms. The van der Waals surface area contributed by atoms with Crippen molar-refractivity contribution in [2.45, 2.75) is 38.7 Å². The van der Waals surface area contributed by atoms with Crippen LogP contribution in [-0.4, -0.2) is 30.1 Å². The molecule has 27 heavy (non-hydrogen) atoms. The molecule has 4 nitrogen and oxygen atoms in total. The molecular weight excluding hydrogens is 356 g/mol.